The van der Waals surface area contributed by atoms with Gasteiger partial charge in [-0.05, 0) is 210 Å². The molecule has 0 unspecified atom stereocenters. The topological polar surface area (TPSA) is 11.4 Å². The maximum atomic E-state index is 2.80. The molecule has 17 aromatic carbocycles. The van der Waals surface area contributed by atoms with Gasteiger partial charge in [0.2, 0.25) is 0 Å². The maximum absolute atomic E-state index is 2.80. The van der Waals surface area contributed by atoms with Crippen LogP contribution in [-0.4, -0.2) is 11.3 Å². The van der Waals surface area contributed by atoms with E-state index in [-0.39, 0.29) is 6.71 Å². The van der Waals surface area contributed by atoms with Gasteiger partial charge in [-0.15, -0.1) is 0 Å². The summed E-state index contributed by atoms with van der Waals surface area (Å²) in [6.07, 6.45) is 0. The van der Waals surface area contributed by atoms with Crippen molar-refractivity contribution in [1.29, 1.82) is 0 Å². The van der Waals surface area contributed by atoms with Gasteiger partial charge < -0.3 is 14.4 Å². The van der Waals surface area contributed by atoms with Crippen LogP contribution in [0.2, 0.25) is 0 Å². The zero-order chi connectivity index (χ0) is 70.7. The second kappa shape index (κ2) is 20.8. The average Bonchev–Trinajstić information content (AvgIpc) is 1.52. The van der Waals surface area contributed by atoms with Gasteiger partial charge in [0.15, 0.2) is 0 Å². The van der Waals surface area contributed by atoms with Crippen molar-refractivity contribution in [3.05, 3.63) is 443 Å². The van der Waals surface area contributed by atoms with E-state index in [1.165, 1.54) is 183 Å². The maximum Gasteiger partial charge on any atom is 0.253 e. The van der Waals surface area contributed by atoms with E-state index in [9.17, 15) is 0 Å². The van der Waals surface area contributed by atoms with E-state index in [4.69, 9.17) is 0 Å². The minimum absolute atomic E-state index is 0.367. The summed E-state index contributed by atoms with van der Waals surface area (Å²) in [6, 6.07) is 146. The van der Waals surface area contributed by atoms with Gasteiger partial charge in [-0.2, -0.15) is 0 Å². The van der Waals surface area contributed by atoms with Crippen LogP contribution in [0.4, 0.5) is 34.1 Å². The van der Waals surface area contributed by atoms with Crippen molar-refractivity contribution in [2.45, 2.75) is 16.2 Å². The van der Waals surface area contributed by atoms with Crippen LogP contribution in [0.3, 0.4) is 0 Å². The molecule has 3 nitrogen and oxygen atoms in total. The molecule has 0 bridgehead atoms. The van der Waals surface area contributed by atoms with E-state index in [0.717, 1.165) is 39.5 Å². The number of anilines is 6. The quantitative estimate of drug-likeness (QED) is 0.163. The summed E-state index contributed by atoms with van der Waals surface area (Å²) < 4.78 is 2.57. The first-order valence-corrected chi connectivity index (χ1v) is 38.4. The number of fused-ring (bicyclic) bond motifs is 39. The predicted molar refractivity (Wildman–Crippen MR) is 449 cm³/mol. The Balaban J connectivity index is 0.875. The first-order chi connectivity index (χ1) is 54.1. The lowest BCUT2D eigenvalue weighted by Crippen LogP contribution is -2.63. The van der Waals surface area contributed by atoms with Crippen molar-refractivity contribution in [2.24, 2.45) is 0 Å². The van der Waals surface area contributed by atoms with Crippen molar-refractivity contribution >= 4 is 79.0 Å². The fourth-order valence-corrected chi connectivity index (χ4v) is 23.0. The fourth-order valence-electron chi connectivity index (χ4n) is 23.0. The molecule has 18 aromatic rings. The molecule has 0 amide bonds. The Labute approximate surface area is 631 Å². The van der Waals surface area contributed by atoms with Gasteiger partial charge in [-0.25, -0.2) is 0 Å². The Morgan fingerprint density at radius 2 is 0.569 bits per heavy atom. The van der Waals surface area contributed by atoms with Gasteiger partial charge in [0.05, 0.1) is 38.7 Å². The average molecular weight is 1380 g/mol. The Morgan fingerprint density at radius 1 is 0.202 bits per heavy atom. The van der Waals surface area contributed by atoms with Crippen LogP contribution >= 0.6 is 0 Å². The van der Waals surface area contributed by atoms with E-state index in [1.54, 1.807) is 0 Å². The Kier molecular flexibility index (Phi) is 11.2. The molecule has 0 saturated heterocycles. The summed E-state index contributed by atoms with van der Waals surface area (Å²) in [7, 11) is 0. The molecule has 8 aliphatic rings. The number of rotatable bonds is 4. The summed E-state index contributed by atoms with van der Waals surface area (Å²) in [5.41, 5.74) is 45.8. The molecule has 0 atom stereocenters. The van der Waals surface area contributed by atoms with Gasteiger partial charge >= 0.3 is 0 Å². The lowest BCUT2D eigenvalue weighted by molar-refractivity contribution is 0.793. The van der Waals surface area contributed by atoms with Crippen molar-refractivity contribution in [1.82, 2.24) is 4.57 Å². The second-order valence-corrected chi connectivity index (χ2v) is 31.0. The number of hydrogen-bond acceptors (Lipinski definition) is 2. The molecular weight excluding hydrogens is 1310 g/mol. The zero-order valence-corrected chi connectivity index (χ0v) is 59.2. The minimum Gasteiger partial charge on any atom is -0.311 e. The lowest BCUT2D eigenvalue weighted by Gasteiger charge is -2.47. The molecule has 109 heavy (non-hydrogen) atoms. The monoisotopic (exact) mass is 1380 g/mol. The Morgan fingerprint density at radius 3 is 1.07 bits per heavy atom. The fraction of sp³-hybridized carbons (Fsp3) is 0.0286. The van der Waals surface area contributed by atoms with Gasteiger partial charge in [0, 0.05) is 44.8 Å². The van der Waals surface area contributed by atoms with E-state index in [0.29, 0.717) is 0 Å². The molecule has 0 N–H and O–H groups in total. The molecule has 26 rings (SSSR count). The van der Waals surface area contributed by atoms with Crippen LogP contribution in [0.5, 0.6) is 0 Å². The second-order valence-electron chi connectivity index (χ2n) is 31.0. The van der Waals surface area contributed by atoms with Crippen LogP contribution in [0.15, 0.2) is 376 Å². The van der Waals surface area contributed by atoms with Crippen LogP contribution in [0, 0.1) is 0 Å². The Bertz CT molecular complexity index is 6950. The Hall–Kier alpha value is -13.8. The van der Waals surface area contributed by atoms with Crippen LogP contribution in [0.1, 0.15) is 66.8 Å². The van der Waals surface area contributed by atoms with Gasteiger partial charge in [-0.3, -0.25) is 0 Å². The summed E-state index contributed by atoms with van der Waals surface area (Å²) >= 11 is 0. The van der Waals surface area contributed by atoms with Crippen molar-refractivity contribution in [2.75, 3.05) is 9.80 Å². The molecule has 0 radical (unpaired) electrons. The molecule has 4 heteroatoms. The number of aromatic nitrogens is 1. The van der Waals surface area contributed by atoms with Gasteiger partial charge in [0.25, 0.3) is 6.71 Å². The van der Waals surface area contributed by atoms with Crippen LogP contribution in [0.25, 0.3) is 105 Å². The predicted octanol–water partition coefficient (Wildman–Crippen LogP) is 23.6. The minimum atomic E-state index is -0.724. The van der Waals surface area contributed by atoms with Gasteiger partial charge in [-0.1, -0.05) is 322 Å². The highest BCUT2D eigenvalue weighted by Gasteiger charge is 2.60. The van der Waals surface area contributed by atoms with Crippen molar-refractivity contribution in [3.8, 4) is 83.6 Å². The first kappa shape index (κ1) is 58.5. The van der Waals surface area contributed by atoms with E-state index < -0.39 is 16.2 Å². The number of benzene rings is 17. The van der Waals surface area contributed by atoms with Crippen LogP contribution < -0.4 is 26.2 Å². The summed E-state index contributed by atoms with van der Waals surface area (Å²) in [5, 5.41) is 2.44. The molecule has 2 aliphatic heterocycles. The number of hydrogen-bond donors (Lipinski definition) is 0. The number of nitrogens with zero attached hydrogens (tertiary/aromatic N) is 3. The normalized spacial score (nSPS) is 15.0. The molecule has 0 saturated carbocycles. The third-order valence-corrected chi connectivity index (χ3v) is 26.6. The van der Waals surface area contributed by atoms with Crippen LogP contribution in [-0.2, 0) is 16.2 Å². The third kappa shape index (κ3) is 6.88. The summed E-state index contributed by atoms with van der Waals surface area (Å²) in [5.74, 6) is 0. The molecule has 500 valence electrons. The molecule has 0 fully saturated rings. The first-order valence-electron chi connectivity index (χ1n) is 38.4. The molecule has 1 aromatic heterocycles. The highest BCUT2D eigenvalue weighted by Crippen LogP contribution is 2.69. The highest BCUT2D eigenvalue weighted by atomic mass is 15.2. The standard InChI is InChI=1S/C105H62BN3/c1-2-27-63(28-3-1)64-53-55-65(56-54-64)107-94-59-57-76-73-35-10-21-46-85(73)105(83-44-19-8-33-71(83)72-34-9-20-45-84(72)105)99(76)102(94)106-100-95(107)61-66(108-90-50-24-13-36-74(90)75-37-14-25-51-91(75)108)62-96(100)109(92-52-26-49-88-97(92)77-38-11-22-47-86(77)103(88)79-40-15-4-29-67(79)68-30-5-16-41-80(68)103)93-60-58-89-98(101(93)106)78-39-12-23-48-87(78)104(89)81-42-17-6-31-69(81)70-32-7-18-43-82(70)104/h1-62H. The molecule has 3 spiro atoms. The largest absolute Gasteiger partial charge is 0.311 e. The smallest absolute Gasteiger partial charge is 0.253 e. The van der Waals surface area contributed by atoms with Gasteiger partial charge in [0.1, 0.15) is 0 Å². The third-order valence-electron chi connectivity index (χ3n) is 26.6. The van der Waals surface area contributed by atoms with E-state index >= 15 is 0 Å². The van der Waals surface area contributed by atoms with E-state index in [2.05, 4.69) is 390 Å². The molecule has 6 aliphatic carbocycles. The summed E-state index contributed by atoms with van der Waals surface area (Å²) in [4.78, 5) is 5.50. The highest BCUT2D eigenvalue weighted by molar-refractivity contribution is 7.01. The van der Waals surface area contributed by atoms with Crippen molar-refractivity contribution < 1.29 is 0 Å². The van der Waals surface area contributed by atoms with E-state index in [1.807, 2.05) is 0 Å². The zero-order valence-electron chi connectivity index (χ0n) is 59.2. The summed E-state index contributed by atoms with van der Waals surface area (Å²) in [6.45, 7) is -0.367. The SMILES string of the molecule is c1ccc(-c2ccc(N3c4cc(-n5c6ccccc6c6ccccc65)cc5c4B(c4c(ccc6c4-c4ccccc4C64c6ccccc6-c6ccccc64)N5c4cccc5c4-c4ccccc4C54c5ccccc5-c5ccccc54)c4c3ccc3c4C4(c5ccccc5-c5ccccc54)c4ccccc4-3)cc2)cc1. The molecular formula is C105H62BN3. The van der Waals surface area contributed by atoms with Crippen molar-refractivity contribution in [3.63, 3.8) is 0 Å². The molecule has 3 heterocycles. The lowest BCUT2D eigenvalue weighted by atomic mass is 9.31. The number of para-hydroxylation sites is 2.